The second-order valence-corrected chi connectivity index (χ2v) is 5.53. The first kappa shape index (κ1) is 12.0. The SMILES string of the molecule is CC1CCC(NCCOC(C)(C)C)C1. The Labute approximate surface area is 88.4 Å². The quantitative estimate of drug-likeness (QED) is 0.703. The lowest BCUT2D eigenvalue weighted by Gasteiger charge is -2.20. The Bertz CT molecular complexity index is 162. The zero-order valence-corrected chi connectivity index (χ0v) is 10.1. The van der Waals surface area contributed by atoms with Crippen LogP contribution in [-0.4, -0.2) is 24.8 Å². The van der Waals surface area contributed by atoms with Gasteiger partial charge in [0, 0.05) is 12.6 Å². The zero-order valence-electron chi connectivity index (χ0n) is 10.1. The summed E-state index contributed by atoms with van der Waals surface area (Å²) >= 11 is 0. The standard InChI is InChI=1S/C12H25NO/c1-10-5-6-11(9-10)13-7-8-14-12(2,3)4/h10-11,13H,5-9H2,1-4H3. The molecule has 0 bridgehead atoms. The fourth-order valence-electron chi connectivity index (χ4n) is 2.01. The molecule has 0 aromatic heterocycles. The van der Waals surface area contributed by atoms with Gasteiger partial charge in [0.05, 0.1) is 12.2 Å². The van der Waals surface area contributed by atoms with Gasteiger partial charge in [-0.25, -0.2) is 0 Å². The molecule has 84 valence electrons. The number of ether oxygens (including phenoxy) is 1. The lowest BCUT2D eigenvalue weighted by atomic mass is 10.1. The third kappa shape index (κ3) is 4.97. The minimum absolute atomic E-state index is 0.00461. The number of nitrogens with one attached hydrogen (secondary N) is 1. The van der Waals surface area contributed by atoms with E-state index in [9.17, 15) is 0 Å². The average Bonchev–Trinajstić information content (AvgIpc) is 2.44. The lowest BCUT2D eigenvalue weighted by molar-refractivity contribution is -0.00159. The van der Waals surface area contributed by atoms with Gasteiger partial charge in [-0.3, -0.25) is 0 Å². The Kier molecular flexibility index (Phi) is 4.39. The Hall–Kier alpha value is -0.0800. The summed E-state index contributed by atoms with van der Waals surface area (Å²) in [5.41, 5.74) is 0.00461. The maximum Gasteiger partial charge on any atom is 0.0599 e. The zero-order chi connectivity index (χ0) is 10.6. The highest BCUT2D eigenvalue weighted by atomic mass is 16.5. The molecule has 1 saturated carbocycles. The van der Waals surface area contributed by atoms with Crippen LogP contribution in [0.1, 0.15) is 47.0 Å². The van der Waals surface area contributed by atoms with Crippen molar-refractivity contribution in [2.45, 2.75) is 58.6 Å². The van der Waals surface area contributed by atoms with Crippen LogP contribution in [0.4, 0.5) is 0 Å². The van der Waals surface area contributed by atoms with Crippen molar-refractivity contribution >= 4 is 0 Å². The summed E-state index contributed by atoms with van der Waals surface area (Å²) < 4.78 is 5.65. The molecule has 1 aliphatic carbocycles. The minimum Gasteiger partial charge on any atom is -0.375 e. The first-order valence-electron chi connectivity index (χ1n) is 5.85. The predicted octanol–water partition coefficient (Wildman–Crippen LogP) is 2.58. The molecule has 2 unspecified atom stereocenters. The molecular formula is C12H25NO. The van der Waals surface area contributed by atoms with Crippen molar-refractivity contribution in [2.75, 3.05) is 13.2 Å². The van der Waals surface area contributed by atoms with Crippen LogP contribution in [0.25, 0.3) is 0 Å². The molecule has 0 saturated heterocycles. The summed E-state index contributed by atoms with van der Waals surface area (Å²) in [5.74, 6) is 0.913. The van der Waals surface area contributed by atoms with Gasteiger partial charge in [0.1, 0.15) is 0 Å². The van der Waals surface area contributed by atoms with Gasteiger partial charge in [-0.1, -0.05) is 6.92 Å². The molecule has 0 radical (unpaired) electrons. The molecule has 1 rings (SSSR count). The maximum atomic E-state index is 5.65. The van der Waals surface area contributed by atoms with Gasteiger partial charge in [0.15, 0.2) is 0 Å². The monoisotopic (exact) mass is 199 g/mol. The molecule has 0 amide bonds. The molecule has 2 atom stereocenters. The van der Waals surface area contributed by atoms with Crippen LogP contribution in [0.5, 0.6) is 0 Å². The molecule has 0 aliphatic heterocycles. The molecule has 1 fully saturated rings. The van der Waals surface area contributed by atoms with Gasteiger partial charge in [-0.2, -0.15) is 0 Å². The van der Waals surface area contributed by atoms with Gasteiger partial charge in [0.25, 0.3) is 0 Å². The van der Waals surface area contributed by atoms with E-state index in [1.807, 2.05) is 0 Å². The first-order chi connectivity index (χ1) is 6.47. The third-order valence-corrected chi connectivity index (χ3v) is 2.76. The van der Waals surface area contributed by atoms with Gasteiger partial charge in [0.2, 0.25) is 0 Å². The summed E-state index contributed by atoms with van der Waals surface area (Å²) in [6, 6.07) is 0.744. The van der Waals surface area contributed by atoms with Gasteiger partial charge < -0.3 is 10.1 Å². The highest BCUT2D eigenvalue weighted by molar-refractivity contribution is 4.78. The average molecular weight is 199 g/mol. The van der Waals surface area contributed by atoms with E-state index in [4.69, 9.17) is 4.74 Å². The van der Waals surface area contributed by atoms with E-state index in [2.05, 4.69) is 33.0 Å². The van der Waals surface area contributed by atoms with Crippen LogP contribution in [0.2, 0.25) is 0 Å². The van der Waals surface area contributed by atoms with Crippen molar-refractivity contribution in [2.24, 2.45) is 5.92 Å². The summed E-state index contributed by atoms with van der Waals surface area (Å²) in [5, 5.41) is 3.56. The molecule has 0 aromatic carbocycles. The third-order valence-electron chi connectivity index (χ3n) is 2.76. The molecule has 1 N–H and O–H groups in total. The van der Waals surface area contributed by atoms with Gasteiger partial charge in [-0.15, -0.1) is 0 Å². The predicted molar refractivity (Wildman–Crippen MR) is 60.5 cm³/mol. The fourth-order valence-corrected chi connectivity index (χ4v) is 2.01. The Morgan fingerprint density at radius 3 is 2.50 bits per heavy atom. The Morgan fingerprint density at radius 2 is 2.00 bits per heavy atom. The molecule has 0 heterocycles. The fraction of sp³-hybridized carbons (Fsp3) is 1.00. The van der Waals surface area contributed by atoms with Crippen LogP contribution in [0.15, 0.2) is 0 Å². The van der Waals surface area contributed by atoms with Crippen LogP contribution < -0.4 is 5.32 Å². The van der Waals surface area contributed by atoms with E-state index in [-0.39, 0.29) is 5.60 Å². The summed E-state index contributed by atoms with van der Waals surface area (Å²) in [4.78, 5) is 0. The van der Waals surface area contributed by atoms with Crippen molar-refractivity contribution in [3.05, 3.63) is 0 Å². The van der Waals surface area contributed by atoms with Gasteiger partial charge in [-0.05, 0) is 46.0 Å². The number of hydrogen-bond donors (Lipinski definition) is 1. The smallest absolute Gasteiger partial charge is 0.0599 e. The lowest BCUT2D eigenvalue weighted by Crippen LogP contribution is -2.32. The number of rotatable bonds is 4. The van der Waals surface area contributed by atoms with Crippen LogP contribution in [0, 0.1) is 5.92 Å². The molecule has 0 spiro atoms. The Balaban J connectivity index is 1.99. The van der Waals surface area contributed by atoms with Gasteiger partial charge >= 0.3 is 0 Å². The molecule has 2 heteroatoms. The summed E-state index contributed by atoms with van der Waals surface area (Å²) in [6.07, 6.45) is 4.07. The van der Waals surface area contributed by atoms with Crippen LogP contribution in [0.3, 0.4) is 0 Å². The van der Waals surface area contributed by atoms with Crippen molar-refractivity contribution in [3.63, 3.8) is 0 Å². The largest absolute Gasteiger partial charge is 0.375 e. The maximum absolute atomic E-state index is 5.65. The van der Waals surface area contributed by atoms with Crippen LogP contribution >= 0.6 is 0 Å². The van der Waals surface area contributed by atoms with Crippen molar-refractivity contribution in [1.29, 1.82) is 0 Å². The molecule has 2 nitrogen and oxygen atoms in total. The van der Waals surface area contributed by atoms with Crippen molar-refractivity contribution in [3.8, 4) is 0 Å². The second kappa shape index (κ2) is 5.13. The van der Waals surface area contributed by atoms with E-state index in [1.54, 1.807) is 0 Å². The topological polar surface area (TPSA) is 21.3 Å². The summed E-state index contributed by atoms with van der Waals surface area (Å²) in [6.45, 7) is 10.5. The van der Waals surface area contributed by atoms with E-state index in [1.165, 1.54) is 19.3 Å². The van der Waals surface area contributed by atoms with Crippen molar-refractivity contribution < 1.29 is 4.74 Å². The highest BCUT2D eigenvalue weighted by Crippen LogP contribution is 2.24. The normalized spacial score (nSPS) is 28.3. The van der Waals surface area contributed by atoms with Crippen molar-refractivity contribution in [1.82, 2.24) is 5.32 Å². The summed E-state index contributed by atoms with van der Waals surface area (Å²) in [7, 11) is 0. The molecule has 14 heavy (non-hydrogen) atoms. The molecule has 1 aliphatic rings. The van der Waals surface area contributed by atoms with E-state index < -0.39 is 0 Å². The first-order valence-corrected chi connectivity index (χ1v) is 5.85. The second-order valence-electron chi connectivity index (χ2n) is 5.53. The molecule has 0 aromatic rings. The number of hydrogen-bond acceptors (Lipinski definition) is 2. The van der Waals surface area contributed by atoms with Crippen LogP contribution in [-0.2, 0) is 4.74 Å². The van der Waals surface area contributed by atoms with E-state index in [0.717, 1.165) is 25.1 Å². The highest BCUT2D eigenvalue weighted by Gasteiger charge is 2.20. The molecular weight excluding hydrogens is 174 g/mol. The minimum atomic E-state index is 0.00461. The Morgan fingerprint density at radius 1 is 1.29 bits per heavy atom. The van der Waals surface area contributed by atoms with E-state index in [0.29, 0.717) is 0 Å². The van der Waals surface area contributed by atoms with E-state index >= 15 is 0 Å².